The van der Waals surface area contributed by atoms with Gasteiger partial charge in [-0.3, -0.25) is 4.90 Å². The van der Waals surface area contributed by atoms with E-state index >= 15 is 0 Å². The summed E-state index contributed by atoms with van der Waals surface area (Å²) in [6, 6.07) is 0.547. The molecule has 4 heteroatoms. The molecule has 0 atom stereocenters. The lowest BCUT2D eigenvalue weighted by atomic mass is 10.0. The van der Waals surface area contributed by atoms with Crippen LogP contribution in [0.1, 0.15) is 39.0 Å². The molecule has 1 saturated heterocycles. The number of rotatable bonds is 7. The van der Waals surface area contributed by atoms with Crippen LogP contribution in [0.25, 0.3) is 0 Å². The average molecular weight is 234 g/mol. The molecule has 2 nitrogen and oxygen atoms in total. The Morgan fingerprint density at radius 3 is 2.50 bits per heavy atom. The first-order valence-electron chi connectivity index (χ1n) is 6.46. The number of alkyl halides is 2. The molecule has 1 fully saturated rings. The minimum absolute atomic E-state index is 0.0530. The predicted molar refractivity (Wildman–Crippen MR) is 63.0 cm³/mol. The van der Waals surface area contributed by atoms with Crippen LogP contribution in [0.4, 0.5) is 8.78 Å². The minimum atomic E-state index is -2.19. The molecule has 0 radical (unpaired) electrons. The smallest absolute Gasteiger partial charge is 0.251 e. The molecule has 1 rings (SSSR count). The van der Waals surface area contributed by atoms with E-state index in [0.29, 0.717) is 6.04 Å². The molecule has 0 unspecified atom stereocenters. The summed E-state index contributed by atoms with van der Waals surface area (Å²) in [7, 11) is 0. The first-order valence-corrected chi connectivity index (χ1v) is 6.46. The zero-order valence-electron chi connectivity index (χ0n) is 10.2. The summed E-state index contributed by atoms with van der Waals surface area (Å²) in [6.45, 7) is 4.85. The third kappa shape index (κ3) is 5.75. The van der Waals surface area contributed by atoms with E-state index in [0.717, 1.165) is 32.5 Å². The molecule has 1 heterocycles. The van der Waals surface area contributed by atoms with E-state index in [1.807, 2.05) is 4.90 Å². The highest BCUT2D eigenvalue weighted by molar-refractivity contribution is 4.77. The Morgan fingerprint density at radius 2 is 1.94 bits per heavy atom. The van der Waals surface area contributed by atoms with Crippen molar-refractivity contribution < 1.29 is 8.78 Å². The standard InChI is InChI=1S/C12H24F2N2/c1-2-3-4-7-15-11-5-8-16(9-6-11)10-12(13)14/h11-12,15H,2-10H2,1H3. The third-order valence-electron chi connectivity index (χ3n) is 3.20. The third-order valence-corrected chi connectivity index (χ3v) is 3.20. The van der Waals surface area contributed by atoms with Crippen LogP contribution in [-0.4, -0.2) is 43.5 Å². The van der Waals surface area contributed by atoms with Crippen molar-refractivity contribution in [3.8, 4) is 0 Å². The lowest BCUT2D eigenvalue weighted by Gasteiger charge is -2.32. The molecular weight excluding hydrogens is 210 g/mol. The Bertz CT molecular complexity index is 168. The van der Waals surface area contributed by atoms with Crippen molar-refractivity contribution in [3.05, 3.63) is 0 Å². The van der Waals surface area contributed by atoms with Crippen LogP contribution in [0.2, 0.25) is 0 Å². The van der Waals surface area contributed by atoms with E-state index in [1.54, 1.807) is 0 Å². The van der Waals surface area contributed by atoms with E-state index in [4.69, 9.17) is 0 Å². The summed E-state index contributed by atoms with van der Waals surface area (Å²) in [6.07, 6.45) is 3.59. The van der Waals surface area contributed by atoms with Gasteiger partial charge in [-0.1, -0.05) is 19.8 Å². The lowest BCUT2D eigenvalue weighted by Crippen LogP contribution is -2.44. The molecule has 1 aliphatic rings. The molecule has 1 aliphatic heterocycles. The molecular formula is C12H24F2N2. The van der Waals surface area contributed by atoms with Gasteiger partial charge in [0.15, 0.2) is 0 Å². The van der Waals surface area contributed by atoms with E-state index in [2.05, 4.69) is 12.2 Å². The quantitative estimate of drug-likeness (QED) is 0.681. The van der Waals surface area contributed by atoms with Crippen molar-refractivity contribution in [2.45, 2.75) is 51.5 Å². The fourth-order valence-corrected chi connectivity index (χ4v) is 2.20. The molecule has 0 aliphatic carbocycles. The van der Waals surface area contributed by atoms with Crippen molar-refractivity contribution in [1.82, 2.24) is 10.2 Å². The highest BCUT2D eigenvalue weighted by Gasteiger charge is 2.20. The second kappa shape index (κ2) is 7.96. The highest BCUT2D eigenvalue weighted by atomic mass is 19.3. The van der Waals surface area contributed by atoms with Gasteiger partial charge >= 0.3 is 0 Å². The maximum atomic E-state index is 12.1. The highest BCUT2D eigenvalue weighted by Crippen LogP contribution is 2.11. The summed E-state index contributed by atoms with van der Waals surface area (Å²) < 4.78 is 24.3. The average Bonchev–Trinajstić information content (AvgIpc) is 2.26. The summed E-state index contributed by atoms with van der Waals surface area (Å²) in [5.41, 5.74) is 0. The second-order valence-corrected chi connectivity index (χ2v) is 4.63. The van der Waals surface area contributed by atoms with Gasteiger partial charge in [-0.05, 0) is 38.9 Å². The van der Waals surface area contributed by atoms with Gasteiger partial charge in [0.1, 0.15) is 0 Å². The summed E-state index contributed by atoms with van der Waals surface area (Å²) in [5.74, 6) is 0. The molecule has 16 heavy (non-hydrogen) atoms. The van der Waals surface area contributed by atoms with Gasteiger partial charge in [-0.25, -0.2) is 8.78 Å². The number of piperidine rings is 1. The monoisotopic (exact) mass is 234 g/mol. The van der Waals surface area contributed by atoms with Crippen LogP contribution >= 0.6 is 0 Å². The fraction of sp³-hybridized carbons (Fsp3) is 1.00. The summed E-state index contributed by atoms with van der Waals surface area (Å²) >= 11 is 0. The predicted octanol–water partition coefficient (Wildman–Crippen LogP) is 2.50. The molecule has 0 bridgehead atoms. The lowest BCUT2D eigenvalue weighted by molar-refractivity contribution is 0.0731. The van der Waals surface area contributed by atoms with Gasteiger partial charge in [0.05, 0.1) is 6.54 Å². The zero-order valence-corrected chi connectivity index (χ0v) is 10.2. The Hall–Kier alpha value is -0.220. The second-order valence-electron chi connectivity index (χ2n) is 4.63. The largest absolute Gasteiger partial charge is 0.314 e. The molecule has 1 N–H and O–H groups in total. The van der Waals surface area contributed by atoms with Crippen molar-refractivity contribution in [2.24, 2.45) is 0 Å². The van der Waals surface area contributed by atoms with Crippen molar-refractivity contribution >= 4 is 0 Å². The Balaban J connectivity index is 2.03. The van der Waals surface area contributed by atoms with Gasteiger partial charge in [-0.2, -0.15) is 0 Å². The van der Waals surface area contributed by atoms with Crippen LogP contribution < -0.4 is 5.32 Å². The van der Waals surface area contributed by atoms with Crippen molar-refractivity contribution in [2.75, 3.05) is 26.2 Å². The Morgan fingerprint density at radius 1 is 1.25 bits per heavy atom. The van der Waals surface area contributed by atoms with E-state index in [1.165, 1.54) is 19.3 Å². The van der Waals surface area contributed by atoms with Crippen molar-refractivity contribution in [3.63, 3.8) is 0 Å². The van der Waals surface area contributed by atoms with Crippen molar-refractivity contribution in [1.29, 1.82) is 0 Å². The topological polar surface area (TPSA) is 15.3 Å². The first kappa shape index (κ1) is 13.8. The van der Waals surface area contributed by atoms with Crippen LogP contribution in [0, 0.1) is 0 Å². The number of hydrogen-bond donors (Lipinski definition) is 1. The minimum Gasteiger partial charge on any atom is -0.314 e. The summed E-state index contributed by atoms with van der Waals surface area (Å²) in [5, 5.41) is 3.52. The number of likely N-dealkylation sites (tertiary alicyclic amines) is 1. The molecule has 0 spiro atoms. The maximum Gasteiger partial charge on any atom is 0.251 e. The van der Waals surface area contributed by atoms with E-state index < -0.39 is 6.43 Å². The van der Waals surface area contributed by atoms with Crippen LogP contribution in [0.3, 0.4) is 0 Å². The molecule has 0 aromatic carbocycles. The Kier molecular flexibility index (Phi) is 6.88. The number of halogens is 2. The van der Waals surface area contributed by atoms with E-state index in [-0.39, 0.29) is 6.54 Å². The molecule has 96 valence electrons. The number of nitrogens with one attached hydrogen (secondary N) is 1. The molecule has 0 aromatic heterocycles. The van der Waals surface area contributed by atoms with Gasteiger partial charge in [0.2, 0.25) is 0 Å². The normalized spacial score (nSPS) is 19.5. The van der Waals surface area contributed by atoms with Crippen LogP contribution in [0.15, 0.2) is 0 Å². The number of nitrogens with zero attached hydrogens (tertiary/aromatic N) is 1. The molecule has 0 aromatic rings. The van der Waals surface area contributed by atoms with Gasteiger partial charge in [0.25, 0.3) is 6.43 Å². The summed E-state index contributed by atoms with van der Waals surface area (Å²) in [4.78, 5) is 1.87. The van der Waals surface area contributed by atoms with Crippen LogP contribution in [-0.2, 0) is 0 Å². The van der Waals surface area contributed by atoms with Gasteiger partial charge < -0.3 is 5.32 Å². The Labute approximate surface area is 97.4 Å². The number of unbranched alkanes of at least 4 members (excludes halogenated alkanes) is 2. The van der Waals surface area contributed by atoms with Gasteiger partial charge in [-0.15, -0.1) is 0 Å². The molecule has 0 saturated carbocycles. The SMILES string of the molecule is CCCCCNC1CCN(CC(F)F)CC1. The fourth-order valence-electron chi connectivity index (χ4n) is 2.20. The zero-order chi connectivity index (χ0) is 11.8. The first-order chi connectivity index (χ1) is 7.72. The van der Waals surface area contributed by atoms with Crippen LogP contribution in [0.5, 0.6) is 0 Å². The molecule has 0 amide bonds. The van der Waals surface area contributed by atoms with E-state index in [9.17, 15) is 8.78 Å². The van der Waals surface area contributed by atoms with Gasteiger partial charge in [0, 0.05) is 6.04 Å². The maximum absolute atomic E-state index is 12.1. The number of hydrogen-bond acceptors (Lipinski definition) is 2.